The van der Waals surface area contributed by atoms with Crippen molar-refractivity contribution in [3.05, 3.63) is 0 Å². The van der Waals surface area contributed by atoms with E-state index in [1.165, 1.54) is 7.11 Å². The first-order valence-corrected chi connectivity index (χ1v) is 3.92. The Morgan fingerprint density at radius 1 is 1.62 bits per heavy atom. The van der Waals surface area contributed by atoms with Crippen molar-refractivity contribution in [1.82, 2.24) is 5.32 Å². The number of esters is 1. The predicted octanol–water partition coefficient (Wildman–Crippen LogP) is 0.0775. The van der Waals surface area contributed by atoms with Crippen molar-refractivity contribution >= 4 is 11.9 Å². The fourth-order valence-electron chi connectivity index (χ4n) is 0.735. The number of nitrogens with one attached hydrogen (secondary N) is 1. The average molecular weight is 183 g/mol. The Hall–Kier alpha value is -1.50. The molecule has 1 unspecified atom stereocenters. The molecule has 4 nitrogen and oxygen atoms in total. The van der Waals surface area contributed by atoms with Crippen molar-refractivity contribution in [3.8, 4) is 12.3 Å². The van der Waals surface area contributed by atoms with Gasteiger partial charge in [-0.3, -0.25) is 4.79 Å². The van der Waals surface area contributed by atoms with Crippen molar-refractivity contribution < 1.29 is 14.3 Å². The third-order valence-corrected chi connectivity index (χ3v) is 1.43. The fourth-order valence-corrected chi connectivity index (χ4v) is 0.735. The number of hydrogen-bond donors (Lipinski definition) is 1. The van der Waals surface area contributed by atoms with Gasteiger partial charge in [-0.15, -0.1) is 12.3 Å². The van der Waals surface area contributed by atoms with E-state index in [9.17, 15) is 9.59 Å². The molecule has 0 aliphatic rings. The van der Waals surface area contributed by atoms with Gasteiger partial charge in [-0.25, -0.2) is 4.79 Å². The second-order valence-corrected chi connectivity index (χ2v) is 2.52. The minimum absolute atomic E-state index is 0.234. The van der Waals surface area contributed by atoms with E-state index in [2.05, 4.69) is 16.0 Å². The van der Waals surface area contributed by atoms with Crippen LogP contribution in [0.2, 0.25) is 0 Å². The van der Waals surface area contributed by atoms with Crippen LogP contribution in [0.15, 0.2) is 0 Å². The quantitative estimate of drug-likeness (QED) is 0.496. The van der Waals surface area contributed by atoms with E-state index in [1.807, 2.05) is 0 Å². The molecule has 0 bridgehead atoms. The second kappa shape index (κ2) is 6.06. The SMILES string of the molecule is C#CCCC(=O)NC(C)C(=O)OC. The summed E-state index contributed by atoms with van der Waals surface area (Å²) >= 11 is 0. The molecule has 4 heteroatoms. The van der Waals surface area contributed by atoms with Crippen LogP contribution in [0.1, 0.15) is 19.8 Å². The van der Waals surface area contributed by atoms with E-state index in [0.717, 1.165) is 0 Å². The van der Waals surface area contributed by atoms with Gasteiger partial charge in [-0.2, -0.15) is 0 Å². The normalized spacial score (nSPS) is 11.2. The molecular formula is C9H13NO3. The predicted molar refractivity (Wildman–Crippen MR) is 47.7 cm³/mol. The first-order chi connectivity index (χ1) is 6.11. The molecule has 0 aromatic rings. The van der Waals surface area contributed by atoms with Gasteiger partial charge < -0.3 is 10.1 Å². The maximum Gasteiger partial charge on any atom is 0.328 e. The molecule has 0 radical (unpaired) electrons. The van der Waals surface area contributed by atoms with Gasteiger partial charge in [0, 0.05) is 12.8 Å². The number of hydrogen-bond acceptors (Lipinski definition) is 3. The van der Waals surface area contributed by atoms with Crippen LogP contribution < -0.4 is 5.32 Å². The lowest BCUT2D eigenvalue weighted by Crippen LogP contribution is -2.38. The Morgan fingerprint density at radius 3 is 2.69 bits per heavy atom. The minimum atomic E-state index is -0.615. The first kappa shape index (κ1) is 11.5. The van der Waals surface area contributed by atoms with Crippen LogP contribution in [-0.4, -0.2) is 25.0 Å². The Morgan fingerprint density at radius 2 is 2.23 bits per heavy atom. The first-order valence-electron chi connectivity index (χ1n) is 3.92. The lowest BCUT2D eigenvalue weighted by molar-refractivity contribution is -0.144. The van der Waals surface area contributed by atoms with Gasteiger partial charge in [0.25, 0.3) is 0 Å². The Kier molecular flexibility index (Phi) is 5.37. The van der Waals surface area contributed by atoms with Crippen LogP contribution in [0.5, 0.6) is 0 Å². The highest BCUT2D eigenvalue weighted by Crippen LogP contribution is 1.90. The molecule has 0 fully saturated rings. The molecule has 1 amide bonds. The highest BCUT2D eigenvalue weighted by molar-refractivity contribution is 5.84. The molecule has 13 heavy (non-hydrogen) atoms. The van der Waals surface area contributed by atoms with Crippen LogP contribution in [0.3, 0.4) is 0 Å². The third-order valence-electron chi connectivity index (χ3n) is 1.43. The highest BCUT2D eigenvalue weighted by atomic mass is 16.5. The molecule has 0 saturated heterocycles. The summed E-state index contributed by atoms with van der Waals surface area (Å²) in [4.78, 5) is 21.9. The molecule has 0 aliphatic heterocycles. The van der Waals surface area contributed by atoms with E-state index >= 15 is 0 Å². The number of ether oxygens (including phenoxy) is 1. The van der Waals surface area contributed by atoms with Crippen molar-refractivity contribution in [3.63, 3.8) is 0 Å². The van der Waals surface area contributed by atoms with E-state index < -0.39 is 12.0 Å². The zero-order valence-corrected chi connectivity index (χ0v) is 7.79. The Balaban J connectivity index is 3.79. The van der Waals surface area contributed by atoms with Gasteiger partial charge in [-0.05, 0) is 6.92 Å². The molecule has 0 aliphatic carbocycles. The zero-order valence-electron chi connectivity index (χ0n) is 7.79. The van der Waals surface area contributed by atoms with Gasteiger partial charge in [-0.1, -0.05) is 0 Å². The topological polar surface area (TPSA) is 55.4 Å². The number of carbonyl (C=O) groups is 2. The van der Waals surface area contributed by atoms with Gasteiger partial charge >= 0.3 is 5.97 Å². The number of methoxy groups -OCH3 is 1. The highest BCUT2D eigenvalue weighted by Gasteiger charge is 2.14. The summed E-state index contributed by atoms with van der Waals surface area (Å²) in [7, 11) is 1.27. The summed E-state index contributed by atoms with van der Waals surface area (Å²) in [6, 6.07) is -0.615. The number of terminal acetylenes is 1. The van der Waals surface area contributed by atoms with Crippen LogP contribution in [-0.2, 0) is 14.3 Å². The number of amides is 1. The average Bonchev–Trinajstić information content (AvgIpc) is 2.13. The monoisotopic (exact) mass is 183 g/mol. The van der Waals surface area contributed by atoms with Crippen LogP contribution in [0.25, 0.3) is 0 Å². The van der Waals surface area contributed by atoms with Gasteiger partial charge in [0.1, 0.15) is 6.04 Å². The number of carbonyl (C=O) groups excluding carboxylic acids is 2. The summed E-state index contributed by atoms with van der Waals surface area (Å²) in [6.45, 7) is 1.56. The van der Waals surface area contributed by atoms with Gasteiger partial charge in [0.15, 0.2) is 0 Å². The fraction of sp³-hybridized carbons (Fsp3) is 0.556. The largest absolute Gasteiger partial charge is 0.467 e. The molecule has 1 N–H and O–H groups in total. The van der Waals surface area contributed by atoms with E-state index in [1.54, 1.807) is 6.92 Å². The molecule has 1 atom stereocenters. The van der Waals surface area contributed by atoms with Crippen LogP contribution in [0, 0.1) is 12.3 Å². The summed E-state index contributed by atoms with van der Waals surface area (Å²) < 4.78 is 4.42. The number of rotatable bonds is 4. The lowest BCUT2D eigenvalue weighted by atomic mass is 10.2. The van der Waals surface area contributed by atoms with Crippen molar-refractivity contribution in [2.75, 3.05) is 7.11 Å². The third kappa shape index (κ3) is 4.86. The molecule has 72 valence electrons. The Bertz CT molecular complexity index is 230. The van der Waals surface area contributed by atoms with Crippen LogP contribution >= 0.6 is 0 Å². The molecule has 0 rings (SSSR count). The standard InChI is InChI=1S/C9H13NO3/c1-4-5-6-8(11)10-7(2)9(12)13-3/h1,7H,5-6H2,2-3H3,(H,10,11). The summed E-state index contributed by atoms with van der Waals surface area (Å²) in [5.41, 5.74) is 0. The Labute approximate surface area is 77.6 Å². The molecule has 0 aromatic carbocycles. The minimum Gasteiger partial charge on any atom is -0.467 e. The second-order valence-electron chi connectivity index (χ2n) is 2.52. The van der Waals surface area contributed by atoms with Gasteiger partial charge in [0.2, 0.25) is 5.91 Å². The van der Waals surface area contributed by atoms with Crippen LogP contribution in [0.4, 0.5) is 0 Å². The van der Waals surface area contributed by atoms with Gasteiger partial charge in [0.05, 0.1) is 7.11 Å². The van der Waals surface area contributed by atoms with E-state index in [-0.39, 0.29) is 12.3 Å². The summed E-state index contributed by atoms with van der Waals surface area (Å²) in [5, 5.41) is 2.46. The molecule has 0 aromatic heterocycles. The maximum atomic E-state index is 11.0. The molecule has 0 heterocycles. The maximum absolute atomic E-state index is 11.0. The zero-order chi connectivity index (χ0) is 10.3. The van der Waals surface area contributed by atoms with Crippen molar-refractivity contribution in [2.45, 2.75) is 25.8 Å². The summed E-state index contributed by atoms with van der Waals surface area (Å²) in [5.74, 6) is 1.63. The summed E-state index contributed by atoms with van der Waals surface area (Å²) in [6.07, 6.45) is 5.58. The molecular weight excluding hydrogens is 170 g/mol. The smallest absolute Gasteiger partial charge is 0.328 e. The van der Waals surface area contributed by atoms with Crippen molar-refractivity contribution in [1.29, 1.82) is 0 Å². The van der Waals surface area contributed by atoms with E-state index in [0.29, 0.717) is 6.42 Å². The van der Waals surface area contributed by atoms with Crippen molar-refractivity contribution in [2.24, 2.45) is 0 Å². The molecule has 0 saturated carbocycles. The lowest BCUT2D eigenvalue weighted by Gasteiger charge is -2.10. The molecule has 0 spiro atoms. The van der Waals surface area contributed by atoms with E-state index in [4.69, 9.17) is 6.42 Å².